The second kappa shape index (κ2) is 26.2. The zero-order chi connectivity index (χ0) is 53.4. The van der Waals surface area contributed by atoms with Crippen molar-refractivity contribution in [2.24, 2.45) is 0 Å². The van der Waals surface area contributed by atoms with Crippen LogP contribution in [0.25, 0.3) is 33.7 Å². The van der Waals surface area contributed by atoms with Gasteiger partial charge in [0, 0.05) is 68.1 Å². The number of carbonyl (C=O) groups excluding carboxylic acids is 5. The number of fused-ring (bicyclic) bond motifs is 4. The number of anilines is 4. The molecule has 1 saturated heterocycles. The lowest BCUT2D eigenvalue weighted by Crippen LogP contribution is -2.49. The smallest absolute Gasteiger partial charge is 0.333 e. The first kappa shape index (κ1) is 53.9. The number of morpholine rings is 1. The Hall–Kier alpha value is -8.36. The van der Waals surface area contributed by atoms with Gasteiger partial charge < -0.3 is 61.3 Å². The number of hydrogen-bond donors (Lipinski definition) is 8. The molecule has 4 heterocycles. The number of ketones is 1. The van der Waals surface area contributed by atoms with Gasteiger partial charge in [-0.05, 0) is 67.9 Å². The third-order valence-electron chi connectivity index (χ3n) is 12.1. The van der Waals surface area contributed by atoms with Gasteiger partial charge in [-0.3, -0.25) is 29.7 Å². The predicted molar refractivity (Wildman–Crippen MR) is 280 cm³/mol. The van der Waals surface area contributed by atoms with Gasteiger partial charge in [-0.1, -0.05) is 12.1 Å². The maximum Gasteiger partial charge on any atom is 0.333 e. The minimum atomic E-state index is -0.450. The van der Waals surface area contributed by atoms with Crippen LogP contribution in [0.2, 0.25) is 0 Å². The average molecular weight is 1040 g/mol. The molecule has 0 spiro atoms. The van der Waals surface area contributed by atoms with E-state index in [0.717, 1.165) is 5.69 Å². The molecule has 0 saturated carbocycles. The van der Waals surface area contributed by atoms with E-state index >= 15 is 0 Å². The molecule has 76 heavy (non-hydrogen) atoms. The van der Waals surface area contributed by atoms with Crippen LogP contribution in [-0.4, -0.2) is 163 Å². The summed E-state index contributed by atoms with van der Waals surface area (Å²) in [6, 6.07) is 18.7. The molecule has 6 aromatic rings. The lowest BCUT2D eigenvalue weighted by atomic mass is 10.0. The van der Waals surface area contributed by atoms with Crippen molar-refractivity contribution >= 4 is 63.8 Å². The van der Waals surface area contributed by atoms with Gasteiger partial charge in [0.1, 0.15) is 11.4 Å². The number of hydrazine groups is 1. The van der Waals surface area contributed by atoms with Crippen LogP contribution in [0.1, 0.15) is 51.7 Å². The minimum Gasteiger partial charge on any atom is -0.484 e. The zero-order valence-electron chi connectivity index (χ0n) is 42.2. The number of amides is 5. The fourth-order valence-electron chi connectivity index (χ4n) is 8.22. The number of aromatic nitrogens is 6. The van der Waals surface area contributed by atoms with Gasteiger partial charge in [0.25, 0.3) is 11.8 Å². The summed E-state index contributed by atoms with van der Waals surface area (Å²) < 4.78 is 27.6. The number of hydrogen-bond acceptors (Lipinski definition) is 19. The topological polar surface area (TPSA) is 330 Å². The summed E-state index contributed by atoms with van der Waals surface area (Å²) in [7, 11) is 1.89. The number of nitrogens with one attached hydrogen (secondary N) is 6. The quantitative estimate of drug-likeness (QED) is 0.0361. The number of H-pyrrole nitrogens is 1. The highest BCUT2D eigenvalue weighted by Gasteiger charge is 2.35. The van der Waals surface area contributed by atoms with Gasteiger partial charge in [0.05, 0.1) is 93.8 Å². The van der Waals surface area contributed by atoms with Crippen LogP contribution in [0.4, 0.5) is 27.9 Å². The van der Waals surface area contributed by atoms with Crippen molar-refractivity contribution in [1.29, 1.82) is 0 Å². The van der Waals surface area contributed by atoms with E-state index in [0.29, 0.717) is 146 Å². The van der Waals surface area contributed by atoms with E-state index in [9.17, 15) is 24.0 Å². The molecule has 1 atom stereocenters. The van der Waals surface area contributed by atoms with E-state index in [1.54, 1.807) is 59.7 Å². The first-order valence-electron chi connectivity index (χ1n) is 24.7. The molecule has 0 radical (unpaired) electrons. The van der Waals surface area contributed by atoms with Crippen LogP contribution in [0.5, 0.6) is 5.75 Å². The molecule has 10 N–H and O–H groups in total. The standard InChI is InChI=1S/C51H61N15O10/c1-31(57-49(70)33-7-11-35(12-8-33)65(2)29-34-28-56-48-45(58-34)47(52)60-50(53)61-48)6-15-39(67)54-16-20-72-24-26-75-27-25-73-21-17-55-40(68)30-76-36-13-9-32(10-14-36)43-42-44(63-62-43)37-4-3-5-38(41(37)46(42)69)59-51(71)64-66-18-22-74-23-19-66/h3-5,7-14,28,31H,6,15-27,29-30H2,1-2H3,(H,54,67)(H,55,68)(H,57,70)(H,62,63)(H2,59,64,71)(H4,52,53,56,60,61)/t31-/m1/s1. The summed E-state index contributed by atoms with van der Waals surface area (Å²) in [4.78, 5) is 83.1. The van der Waals surface area contributed by atoms with Crippen LogP contribution in [-0.2, 0) is 35.1 Å². The van der Waals surface area contributed by atoms with E-state index in [1.165, 1.54) is 0 Å². The summed E-state index contributed by atoms with van der Waals surface area (Å²) in [5.74, 6) is -0.315. The number of ether oxygens (including phenoxy) is 5. The van der Waals surface area contributed by atoms with E-state index in [4.69, 9.17) is 35.2 Å². The van der Waals surface area contributed by atoms with Crippen molar-refractivity contribution in [3.05, 3.63) is 95.3 Å². The van der Waals surface area contributed by atoms with Gasteiger partial charge in [-0.2, -0.15) is 15.1 Å². The Morgan fingerprint density at radius 1 is 0.842 bits per heavy atom. The molecule has 8 rings (SSSR count). The SMILES string of the molecule is C[C@H](CCC(=O)NCCOCCOCCOCCNC(=O)COc1ccc(-c2n[nH]c3c2C(=O)c2c(NC(=O)NN4CCOCC4)cccc2-3)cc1)NC(=O)c1ccc(N(C)Cc2cnc3nc(N)nc(N)c3n2)cc1. The van der Waals surface area contributed by atoms with Gasteiger partial charge in [0.15, 0.2) is 29.4 Å². The molecule has 400 valence electrons. The van der Waals surface area contributed by atoms with Crippen molar-refractivity contribution in [1.82, 2.24) is 56.5 Å². The summed E-state index contributed by atoms with van der Waals surface area (Å²) in [5, 5.41) is 20.5. The first-order valence-corrected chi connectivity index (χ1v) is 24.7. The number of nitrogen functional groups attached to an aromatic ring is 2. The van der Waals surface area contributed by atoms with Crippen molar-refractivity contribution in [2.75, 3.05) is 114 Å². The fraction of sp³-hybridized carbons (Fsp3) is 0.373. The molecule has 2 aliphatic rings. The van der Waals surface area contributed by atoms with Crippen molar-refractivity contribution in [2.45, 2.75) is 32.4 Å². The third kappa shape index (κ3) is 14.5. The molecule has 25 heteroatoms. The molecule has 5 amide bonds. The van der Waals surface area contributed by atoms with Gasteiger partial charge in [-0.25, -0.2) is 19.8 Å². The normalized spacial score (nSPS) is 13.4. The highest BCUT2D eigenvalue weighted by atomic mass is 16.5. The molecule has 3 aromatic carbocycles. The summed E-state index contributed by atoms with van der Waals surface area (Å²) in [6.07, 6.45) is 2.30. The van der Waals surface area contributed by atoms with Crippen molar-refractivity contribution in [3.63, 3.8) is 0 Å². The molecule has 3 aromatic heterocycles. The van der Waals surface area contributed by atoms with Gasteiger partial charge in [-0.15, -0.1) is 0 Å². The Morgan fingerprint density at radius 2 is 1.54 bits per heavy atom. The minimum absolute atomic E-state index is 0.0318. The van der Waals surface area contributed by atoms with E-state index in [1.807, 2.05) is 37.1 Å². The second-order valence-electron chi connectivity index (χ2n) is 17.7. The Kier molecular flexibility index (Phi) is 18.6. The van der Waals surface area contributed by atoms with Gasteiger partial charge >= 0.3 is 6.03 Å². The molecule has 0 bridgehead atoms. The van der Waals surface area contributed by atoms with E-state index in [2.05, 4.69) is 56.8 Å². The predicted octanol–water partition coefficient (Wildman–Crippen LogP) is 2.45. The number of carbonyl (C=O) groups is 5. The molecular weight excluding hydrogens is 983 g/mol. The summed E-state index contributed by atoms with van der Waals surface area (Å²) >= 11 is 0. The van der Waals surface area contributed by atoms with Crippen molar-refractivity contribution in [3.8, 4) is 28.3 Å². The van der Waals surface area contributed by atoms with Gasteiger partial charge in [0.2, 0.25) is 11.9 Å². The monoisotopic (exact) mass is 1040 g/mol. The number of urea groups is 1. The molecule has 1 aliphatic heterocycles. The number of rotatable bonds is 26. The largest absolute Gasteiger partial charge is 0.484 e. The highest BCUT2D eigenvalue weighted by Crippen LogP contribution is 2.43. The van der Waals surface area contributed by atoms with Crippen LogP contribution in [0.3, 0.4) is 0 Å². The molecule has 0 unspecified atom stereocenters. The van der Waals surface area contributed by atoms with Crippen LogP contribution < -0.4 is 47.8 Å². The Bertz CT molecular complexity index is 2990. The number of aromatic amines is 1. The fourth-order valence-corrected chi connectivity index (χ4v) is 8.22. The van der Waals surface area contributed by atoms with Crippen LogP contribution in [0.15, 0.2) is 72.9 Å². The number of nitrogens with zero attached hydrogens (tertiary/aromatic N) is 7. The summed E-state index contributed by atoms with van der Waals surface area (Å²) in [6.45, 7) is 6.80. The Morgan fingerprint density at radius 3 is 2.26 bits per heavy atom. The van der Waals surface area contributed by atoms with E-state index < -0.39 is 6.03 Å². The van der Waals surface area contributed by atoms with Crippen LogP contribution >= 0.6 is 0 Å². The third-order valence-corrected chi connectivity index (χ3v) is 12.1. The molecular formula is C51H61N15O10. The number of nitrogens with two attached hydrogens (primary N) is 2. The number of benzene rings is 3. The van der Waals surface area contributed by atoms with Crippen LogP contribution in [0, 0.1) is 0 Å². The molecule has 1 aliphatic carbocycles. The second-order valence-corrected chi connectivity index (χ2v) is 17.7. The maximum atomic E-state index is 13.8. The maximum absolute atomic E-state index is 13.8. The Labute approximate surface area is 437 Å². The lowest BCUT2D eigenvalue weighted by Gasteiger charge is -2.27. The average Bonchev–Trinajstić information content (AvgIpc) is 3.98. The molecule has 1 fully saturated rings. The summed E-state index contributed by atoms with van der Waals surface area (Å²) in [5.41, 5.74) is 20.6. The zero-order valence-corrected chi connectivity index (χ0v) is 42.2. The van der Waals surface area contributed by atoms with Crippen molar-refractivity contribution < 1.29 is 47.7 Å². The lowest BCUT2D eigenvalue weighted by molar-refractivity contribution is -0.123. The molecule has 25 nitrogen and oxygen atoms in total. The Balaban J connectivity index is 0.617. The van der Waals surface area contributed by atoms with E-state index in [-0.39, 0.29) is 67.5 Å². The highest BCUT2D eigenvalue weighted by molar-refractivity contribution is 6.27. The first-order chi connectivity index (χ1) is 36.9.